The van der Waals surface area contributed by atoms with Crippen LogP contribution in [0.25, 0.3) is 0 Å². The smallest absolute Gasteiger partial charge is 0.403 e. The fraction of sp³-hybridized carbons (Fsp3) is 0.533. The Balaban J connectivity index is 2.67. The maximum atomic E-state index is 13.9. The third-order valence-electron chi connectivity index (χ3n) is 4.44. The van der Waals surface area contributed by atoms with E-state index in [9.17, 15) is 26.7 Å². The minimum absolute atomic E-state index is 0.145. The Morgan fingerprint density at radius 3 is 2.38 bits per heavy atom. The highest BCUT2D eigenvalue weighted by atomic mass is 32.2. The van der Waals surface area contributed by atoms with Gasteiger partial charge in [-0.15, -0.1) is 11.8 Å². The van der Waals surface area contributed by atoms with Gasteiger partial charge in [0.15, 0.2) is 11.6 Å². The van der Waals surface area contributed by atoms with E-state index in [0.717, 1.165) is 26.2 Å². The normalized spacial score (nSPS) is 30.4. The second-order valence-electron chi connectivity index (χ2n) is 6.04. The highest BCUT2D eigenvalue weighted by molar-refractivity contribution is 8.03. The van der Waals surface area contributed by atoms with Gasteiger partial charge in [0.05, 0.1) is 11.9 Å². The first-order valence-electron chi connectivity index (χ1n) is 6.96. The van der Waals surface area contributed by atoms with Crippen molar-refractivity contribution in [1.82, 2.24) is 0 Å². The van der Waals surface area contributed by atoms with E-state index in [2.05, 4.69) is 0 Å². The standard InChI is InChI=1S/C15H16F5NO2S/c1-13(12(21)22)6-8(14(2,24-13)15(18,19)20)7-4-5-9(16)10(17)11(7)23-3/h4-5,8H,6H2,1-3H3,(H2,21,22). The molecule has 9 heteroatoms. The lowest BCUT2D eigenvalue weighted by atomic mass is 9.79. The van der Waals surface area contributed by atoms with E-state index < -0.39 is 44.9 Å². The van der Waals surface area contributed by atoms with E-state index >= 15 is 0 Å². The summed E-state index contributed by atoms with van der Waals surface area (Å²) in [7, 11) is 1.04. The van der Waals surface area contributed by atoms with Gasteiger partial charge in [-0.1, -0.05) is 6.07 Å². The largest absolute Gasteiger partial charge is 0.493 e. The molecular formula is C15H16F5NO2S. The van der Waals surface area contributed by atoms with Crippen LogP contribution in [0.2, 0.25) is 0 Å². The molecule has 0 bridgehead atoms. The summed E-state index contributed by atoms with van der Waals surface area (Å²) in [5.41, 5.74) is 5.12. The van der Waals surface area contributed by atoms with Gasteiger partial charge in [-0.2, -0.15) is 17.6 Å². The first kappa shape index (κ1) is 18.8. The molecule has 1 saturated heterocycles. The number of alkyl halides is 3. The number of halogens is 5. The molecule has 1 aromatic rings. The van der Waals surface area contributed by atoms with Gasteiger partial charge < -0.3 is 10.5 Å². The van der Waals surface area contributed by atoms with Crippen molar-refractivity contribution in [2.75, 3.05) is 7.11 Å². The van der Waals surface area contributed by atoms with Crippen LogP contribution < -0.4 is 10.5 Å². The monoisotopic (exact) mass is 369 g/mol. The van der Waals surface area contributed by atoms with Crippen molar-refractivity contribution in [2.24, 2.45) is 5.73 Å². The van der Waals surface area contributed by atoms with Gasteiger partial charge in [-0.3, -0.25) is 4.79 Å². The number of hydrogen-bond acceptors (Lipinski definition) is 3. The van der Waals surface area contributed by atoms with Crippen molar-refractivity contribution in [3.63, 3.8) is 0 Å². The van der Waals surface area contributed by atoms with Crippen LogP contribution in [-0.2, 0) is 4.79 Å². The molecule has 2 N–H and O–H groups in total. The molecule has 3 nitrogen and oxygen atoms in total. The second-order valence-corrected chi connectivity index (χ2v) is 8.00. The molecule has 1 aliphatic heterocycles. The lowest BCUT2D eigenvalue weighted by molar-refractivity contribution is -0.159. The van der Waals surface area contributed by atoms with Gasteiger partial charge >= 0.3 is 6.18 Å². The predicted molar refractivity (Wildman–Crippen MR) is 79.9 cm³/mol. The number of benzene rings is 1. The molecule has 1 aromatic carbocycles. The van der Waals surface area contributed by atoms with Gasteiger partial charge in [0.25, 0.3) is 0 Å². The summed E-state index contributed by atoms with van der Waals surface area (Å²) in [6.45, 7) is 2.24. The average Bonchev–Trinajstić information content (AvgIpc) is 2.75. The van der Waals surface area contributed by atoms with Gasteiger partial charge in [0, 0.05) is 11.5 Å². The number of nitrogens with two attached hydrogens (primary N) is 1. The molecule has 0 radical (unpaired) electrons. The third kappa shape index (κ3) is 2.72. The Bertz CT molecular complexity index is 681. The quantitative estimate of drug-likeness (QED) is 0.826. The summed E-state index contributed by atoms with van der Waals surface area (Å²) >= 11 is 0.391. The lowest BCUT2D eigenvalue weighted by Crippen LogP contribution is -2.42. The number of hydrogen-bond donors (Lipinski definition) is 1. The number of primary amides is 1. The topological polar surface area (TPSA) is 52.3 Å². The highest BCUT2D eigenvalue weighted by Crippen LogP contribution is 2.64. The second kappa shape index (κ2) is 5.79. The van der Waals surface area contributed by atoms with E-state index in [1.54, 1.807) is 0 Å². The number of carbonyl (C=O) groups is 1. The van der Waals surface area contributed by atoms with E-state index in [1.165, 1.54) is 6.92 Å². The van der Waals surface area contributed by atoms with Crippen molar-refractivity contribution in [1.29, 1.82) is 0 Å². The molecule has 1 heterocycles. The molecule has 24 heavy (non-hydrogen) atoms. The van der Waals surface area contributed by atoms with Crippen LogP contribution >= 0.6 is 11.8 Å². The van der Waals surface area contributed by atoms with Crippen molar-refractivity contribution in [2.45, 2.75) is 41.9 Å². The zero-order valence-corrected chi connectivity index (χ0v) is 13.9. The molecule has 0 aromatic heterocycles. The van der Waals surface area contributed by atoms with Crippen LogP contribution in [0, 0.1) is 11.6 Å². The molecule has 134 valence electrons. The molecule has 1 fully saturated rings. The summed E-state index contributed by atoms with van der Waals surface area (Å²) < 4.78 is 69.4. The Hall–Kier alpha value is -1.51. The molecule has 0 saturated carbocycles. The number of carbonyl (C=O) groups excluding carboxylic acids is 1. The summed E-state index contributed by atoms with van der Waals surface area (Å²) in [4.78, 5) is 11.7. The number of thioether (sulfide) groups is 1. The zero-order chi connectivity index (χ0) is 18.5. The lowest BCUT2D eigenvalue weighted by Gasteiger charge is -2.34. The van der Waals surface area contributed by atoms with E-state index in [4.69, 9.17) is 10.5 Å². The Morgan fingerprint density at radius 1 is 1.33 bits per heavy atom. The summed E-state index contributed by atoms with van der Waals surface area (Å²) in [5.74, 6) is -5.41. The van der Waals surface area contributed by atoms with Crippen LogP contribution in [0.4, 0.5) is 22.0 Å². The molecule has 2 rings (SSSR count). The summed E-state index contributed by atoms with van der Waals surface area (Å²) in [6, 6.07) is 1.80. The van der Waals surface area contributed by atoms with Gasteiger partial charge in [-0.25, -0.2) is 4.39 Å². The molecule has 1 amide bonds. The Labute approximate surface area is 139 Å². The van der Waals surface area contributed by atoms with E-state index in [1.807, 2.05) is 0 Å². The van der Waals surface area contributed by atoms with Gasteiger partial charge in [0.1, 0.15) is 4.75 Å². The summed E-state index contributed by atoms with van der Waals surface area (Å²) in [5, 5.41) is 0. The maximum absolute atomic E-state index is 13.9. The van der Waals surface area contributed by atoms with E-state index in [-0.39, 0.29) is 12.0 Å². The molecule has 3 atom stereocenters. The fourth-order valence-corrected chi connectivity index (χ4v) is 4.76. The molecule has 3 unspecified atom stereocenters. The van der Waals surface area contributed by atoms with E-state index in [0.29, 0.717) is 11.8 Å². The number of amides is 1. The fourth-order valence-electron chi connectivity index (χ4n) is 3.01. The Kier molecular flexibility index (Phi) is 4.54. The molecular weight excluding hydrogens is 353 g/mol. The SMILES string of the molecule is COc1c(C2CC(C)(C(N)=O)SC2(C)C(F)(F)F)ccc(F)c1F. The molecule has 0 spiro atoms. The number of rotatable bonds is 3. The molecule has 1 aliphatic rings. The Morgan fingerprint density at radius 2 is 1.92 bits per heavy atom. The minimum atomic E-state index is -4.70. The predicted octanol–water partition coefficient (Wildman–Crippen LogP) is 3.76. The first-order valence-corrected chi connectivity index (χ1v) is 7.77. The zero-order valence-electron chi connectivity index (χ0n) is 13.1. The van der Waals surface area contributed by atoms with Gasteiger partial charge in [-0.05, 0) is 26.3 Å². The van der Waals surface area contributed by atoms with Crippen molar-refractivity contribution < 1.29 is 31.5 Å². The first-order chi connectivity index (χ1) is 10.9. The van der Waals surface area contributed by atoms with Crippen LogP contribution in [0.3, 0.4) is 0 Å². The van der Waals surface area contributed by atoms with Crippen LogP contribution in [0.5, 0.6) is 5.75 Å². The van der Waals surface area contributed by atoms with Gasteiger partial charge in [0.2, 0.25) is 11.7 Å². The van der Waals surface area contributed by atoms with Crippen LogP contribution in [-0.4, -0.2) is 28.7 Å². The number of methoxy groups -OCH3 is 1. The highest BCUT2D eigenvalue weighted by Gasteiger charge is 2.66. The van der Waals surface area contributed by atoms with Crippen LogP contribution in [0.15, 0.2) is 12.1 Å². The minimum Gasteiger partial charge on any atom is -0.493 e. The van der Waals surface area contributed by atoms with Crippen molar-refractivity contribution >= 4 is 17.7 Å². The third-order valence-corrected chi connectivity index (χ3v) is 6.20. The summed E-state index contributed by atoms with van der Waals surface area (Å²) in [6.07, 6.45) is -4.98. The average molecular weight is 369 g/mol. The van der Waals surface area contributed by atoms with Crippen molar-refractivity contribution in [3.8, 4) is 5.75 Å². The van der Waals surface area contributed by atoms with Crippen molar-refractivity contribution in [3.05, 3.63) is 29.3 Å². The maximum Gasteiger partial charge on any atom is 0.403 e. The number of ether oxygens (including phenoxy) is 1. The molecule has 0 aliphatic carbocycles. The van der Waals surface area contributed by atoms with Crippen LogP contribution in [0.1, 0.15) is 31.7 Å².